The van der Waals surface area contributed by atoms with Gasteiger partial charge in [-0.1, -0.05) is 0 Å². The number of nitrogen functional groups attached to an aromatic ring is 1. The van der Waals surface area contributed by atoms with Gasteiger partial charge in [-0.3, -0.25) is 0 Å². The van der Waals surface area contributed by atoms with Gasteiger partial charge < -0.3 is 10.5 Å². The molecule has 0 spiro atoms. The van der Waals surface area contributed by atoms with E-state index in [-0.39, 0.29) is 0 Å². The van der Waals surface area contributed by atoms with Crippen molar-refractivity contribution in [2.45, 2.75) is 0 Å². The molecule has 0 atom stereocenters. The summed E-state index contributed by atoms with van der Waals surface area (Å²) >= 11 is 0. The highest BCUT2D eigenvalue weighted by Gasteiger charge is 2.06. The topological polar surface area (TPSA) is 65.2 Å². The number of hydrogen-bond donors (Lipinski definition) is 1. The van der Waals surface area contributed by atoms with Crippen molar-refractivity contribution in [3.05, 3.63) is 17.8 Å². The molecule has 0 radical (unpaired) electrons. The van der Waals surface area contributed by atoms with Crippen LogP contribution >= 0.6 is 0 Å². The molecule has 1 rings (SSSR count). The number of aromatic nitrogens is 1. The fourth-order valence-corrected chi connectivity index (χ4v) is 0.815. The van der Waals surface area contributed by atoms with Crippen molar-refractivity contribution in [2.24, 2.45) is 0 Å². The van der Waals surface area contributed by atoms with E-state index in [2.05, 4.69) is 9.72 Å². The van der Waals surface area contributed by atoms with Crippen LogP contribution in [0.4, 0.5) is 5.82 Å². The molecule has 0 bridgehead atoms. The Morgan fingerprint density at radius 1 is 1.75 bits per heavy atom. The van der Waals surface area contributed by atoms with Gasteiger partial charge in [0.2, 0.25) is 0 Å². The van der Waals surface area contributed by atoms with Gasteiger partial charge in [-0.25, -0.2) is 9.78 Å². The SMILES string of the molecule is Bc1cc(C(=O)OC)cnc1N. The molecule has 0 aliphatic rings. The summed E-state index contributed by atoms with van der Waals surface area (Å²) in [6.45, 7) is 0. The maximum Gasteiger partial charge on any atom is 0.339 e. The summed E-state index contributed by atoms with van der Waals surface area (Å²) in [7, 11) is 3.11. The second-order valence-corrected chi connectivity index (χ2v) is 2.42. The first-order chi connectivity index (χ1) is 5.65. The maximum atomic E-state index is 11.0. The van der Waals surface area contributed by atoms with Gasteiger partial charge in [-0.05, 0) is 11.5 Å². The van der Waals surface area contributed by atoms with E-state index in [1.165, 1.54) is 13.3 Å². The van der Waals surface area contributed by atoms with Crippen molar-refractivity contribution in [3.63, 3.8) is 0 Å². The minimum atomic E-state index is -0.398. The van der Waals surface area contributed by atoms with E-state index in [0.717, 1.165) is 5.46 Å². The van der Waals surface area contributed by atoms with Crippen LogP contribution in [0.25, 0.3) is 0 Å². The van der Waals surface area contributed by atoms with Crippen LogP contribution < -0.4 is 11.2 Å². The Labute approximate surface area is 71.1 Å². The Kier molecular flexibility index (Phi) is 2.33. The van der Waals surface area contributed by atoms with Gasteiger partial charge in [0.25, 0.3) is 0 Å². The lowest BCUT2D eigenvalue weighted by Gasteiger charge is -2.01. The molecule has 1 heterocycles. The Morgan fingerprint density at radius 2 is 2.42 bits per heavy atom. The number of rotatable bonds is 1. The minimum Gasteiger partial charge on any atom is -0.465 e. The first kappa shape index (κ1) is 8.58. The number of anilines is 1. The first-order valence-electron chi connectivity index (χ1n) is 3.45. The van der Waals surface area contributed by atoms with Crippen molar-refractivity contribution < 1.29 is 9.53 Å². The predicted octanol–water partition coefficient (Wildman–Crippen LogP) is -1.29. The summed E-state index contributed by atoms with van der Waals surface area (Å²) in [6.07, 6.45) is 1.40. The number of nitrogens with two attached hydrogens (primary N) is 1. The summed E-state index contributed by atoms with van der Waals surface area (Å²) in [5.74, 6) is 0.0354. The molecule has 0 aliphatic carbocycles. The van der Waals surface area contributed by atoms with Crippen LogP contribution in [-0.2, 0) is 4.74 Å². The molecule has 0 saturated carbocycles. The molecule has 1 aromatic rings. The Morgan fingerprint density at radius 3 is 2.92 bits per heavy atom. The number of methoxy groups -OCH3 is 1. The highest BCUT2D eigenvalue weighted by atomic mass is 16.5. The second kappa shape index (κ2) is 3.25. The molecule has 0 saturated heterocycles. The molecule has 0 aliphatic heterocycles. The lowest BCUT2D eigenvalue weighted by atomic mass is 9.96. The van der Waals surface area contributed by atoms with Crippen LogP contribution in [0, 0.1) is 0 Å². The van der Waals surface area contributed by atoms with Crippen LogP contribution in [0.3, 0.4) is 0 Å². The minimum absolute atomic E-state index is 0.398. The maximum absolute atomic E-state index is 11.0. The lowest BCUT2D eigenvalue weighted by molar-refractivity contribution is 0.0600. The zero-order valence-electron chi connectivity index (χ0n) is 7.00. The fourth-order valence-electron chi connectivity index (χ4n) is 0.815. The predicted molar refractivity (Wildman–Crippen MR) is 48.2 cm³/mol. The van der Waals surface area contributed by atoms with Crippen LogP contribution in [0.5, 0.6) is 0 Å². The monoisotopic (exact) mass is 164 g/mol. The average Bonchev–Trinajstić information content (AvgIpc) is 2.08. The summed E-state index contributed by atoms with van der Waals surface area (Å²) in [5, 5.41) is 0. The Balaban J connectivity index is 3.05. The van der Waals surface area contributed by atoms with E-state index in [0.29, 0.717) is 11.4 Å². The first-order valence-corrected chi connectivity index (χ1v) is 3.45. The largest absolute Gasteiger partial charge is 0.465 e. The Hall–Kier alpha value is -1.52. The summed E-state index contributed by atoms with van der Waals surface area (Å²) < 4.78 is 4.51. The highest BCUT2D eigenvalue weighted by molar-refractivity contribution is 6.35. The number of ether oxygens (including phenoxy) is 1. The van der Waals surface area contributed by atoms with Gasteiger partial charge >= 0.3 is 5.97 Å². The number of pyridine rings is 1. The number of carbonyl (C=O) groups excluding carboxylic acids is 1. The molecule has 1 aromatic heterocycles. The van der Waals surface area contributed by atoms with E-state index in [4.69, 9.17) is 5.73 Å². The number of nitrogens with zero attached hydrogens (tertiary/aromatic N) is 1. The van der Waals surface area contributed by atoms with Crippen LogP contribution in [0.15, 0.2) is 12.3 Å². The number of carbonyl (C=O) groups is 1. The third-order valence-electron chi connectivity index (χ3n) is 1.54. The van der Waals surface area contributed by atoms with E-state index >= 15 is 0 Å². The van der Waals surface area contributed by atoms with Crippen LogP contribution in [0.1, 0.15) is 10.4 Å². The van der Waals surface area contributed by atoms with Gasteiger partial charge in [0, 0.05) is 6.20 Å². The fraction of sp³-hybridized carbons (Fsp3) is 0.143. The molecule has 12 heavy (non-hydrogen) atoms. The molecule has 4 nitrogen and oxygen atoms in total. The van der Waals surface area contributed by atoms with Crippen molar-refractivity contribution in [1.29, 1.82) is 0 Å². The van der Waals surface area contributed by atoms with Crippen molar-refractivity contribution in [2.75, 3.05) is 12.8 Å². The summed E-state index contributed by atoms with van der Waals surface area (Å²) in [5.41, 5.74) is 6.66. The van der Waals surface area contributed by atoms with Crippen molar-refractivity contribution in [3.8, 4) is 0 Å². The lowest BCUT2D eigenvalue weighted by Crippen LogP contribution is -2.15. The molecule has 5 heteroatoms. The normalized spacial score (nSPS) is 9.42. The van der Waals surface area contributed by atoms with E-state index < -0.39 is 5.97 Å². The van der Waals surface area contributed by atoms with Gasteiger partial charge in [-0.2, -0.15) is 0 Å². The zero-order valence-corrected chi connectivity index (χ0v) is 7.00. The molecule has 2 N–H and O–H groups in total. The third-order valence-corrected chi connectivity index (χ3v) is 1.54. The smallest absolute Gasteiger partial charge is 0.339 e. The van der Waals surface area contributed by atoms with Crippen molar-refractivity contribution >= 4 is 25.1 Å². The van der Waals surface area contributed by atoms with Gasteiger partial charge in [0.1, 0.15) is 13.7 Å². The second-order valence-electron chi connectivity index (χ2n) is 2.42. The zero-order chi connectivity index (χ0) is 9.14. The number of esters is 1. The quantitative estimate of drug-likeness (QED) is 0.414. The average molecular weight is 164 g/mol. The summed E-state index contributed by atoms with van der Waals surface area (Å²) in [4.78, 5) is 14.8. The number of hydrogen-bond acceptors (Lipinski definition) is 4. The van der Waals surface area contributed by atoms with Gasteiger partial charge in [0.05, 0.1) is 12.7 Å². The third kappa shape index (κ3) is 1.55. The molecule has 0 fully saturated rings. The van der Waals surface area contributed by atoms with Gasteiger partial charge in [-0.15, -0.1) is 0 Å². The van der Waals surface area contributed by atoms with E-state index in [9.17, 15) is 4.79 Å². The van der Waals surface area contributed by atoms with Gasteiger partial charge in [0.15, 0.2) is 0 Å². The highest BCUT2D eigenvalue weighted by Crippen LogP contribution is 1.99. The Bertz CT molecular complexity index is 314. The molecular weight excluding hydrogens is 155 g/mol. The molecule has 62 valence electrons. The van der Waals surface area contributed by atoms with Crippen LogP contribution in [0.2, 0.25) is 0 Å². The van der Waals surface area contributed by atoms with E-state index in [1.54, 1.807) is 13.9 Å². The molecule has 0 amide bonds. The molecule has 0 unspecified atom stereocenters. The molecular formula is C7H9BN2O2. The molecule has 0 aromatic carbocycles. The van der Waals surface area contributed by atoms with Crippen molar-refractivity contribution in [1.82, 2.24) is 4.98 Å². The summed E-state index contributed by atoms with van der Waals surface area (Å²) in [6, 6.07) is 1.65. The van der Waals surface area contributed by atoms with Crippen LogP contribution in [-0.4, -0.2) is 25.9 Å². The standard InChI is InChI=1S/C7H9BN2O2/c1-12-7(11)4-2-5(8)6(9)10-3-4/h2-3H,8H2,1H3,(H2,9,10). The van der Waals surface area contributed by atoms with E-state index in [1.807, 2.05) is 0 Å².